The van der Waals surface area contributed by atoms with Crippen LogP contribution in [0.4, 0.5) is 10.1 Å². The summed E-state index contributed by atoms with van der Waals surface area (Å²) in [4.78, 5) is 1.61. The Morgan fingerprint density at radius 3 is 2.71 bits per heavy atom. The molecule has 1 aromatic rings. The Labute approximate surface area is 100 Å². The molecule has 5 heteroatoms. The van der Waals surface area contributed by atoms with Crippen molar-refractivity contribution >= 4 is 5.69 Å². The number of benzene rings is 1. The van der Waals surface area contributed by atoms with E-state index >= 15 is 0 Å². The maximum absolute atomic E-state index is 13.7. The van der Waals surface area contributed by atoms with Gasteiger partial charge in [0.1, 0.15) is 5.82 Å². The molecule has 0 saturated carbocycles. The van der Waals surface area contributed by atoms with Crippen LogP contribution in [-0.2, 0) is 11.3 Å². The molecule has 17 heavy (non-hydrogen) atoms. The Hall–Kier alpha value is -1.17. The Bertz CT molecular complexity index is 360. The van der Waals surface area contributed by atoms with Crippen molar-refractivity contribution in [2.45, 2.75) is 12.7 Å². The molecule has 0 amide bonds. The molecule has 0 aliphatic rings. The first-order valence-corrected chi connectivity index (χ1v) is 5.36. The zero-order valence-corrected chi connectivity index (χ0v) is 10.1. The van der Waals surface area contributed by atoms with Gasteiger partial charge in [0.25, 0.3) is 0 Å². The summed E-state index contributed by atoms with van der Waals surface area (Å²) in [6.07, 6.45) is -0.665. The van der Waals surface area contributed by atoms with Crippen LogP contribution in [0.1, 0.15) is 5.56 Å². The molecule has 1 aromatic carbocycles. The molecule has 1 atom stereocenters. The zero-order chi connectivity index (χ0) is 12.8. The van der Waals surface area contributed by atoms with Crippen molar-refractivity contribution in [3.8, 4) is 0 Å². The molecule has 1 rings (SSSR count). The van der Waals surface area contributed by atoms with Crippen molar-refractivity contribution in [3.05, 3.63) is 29.6 Å². The number of halogens is 1. The van der Waals surface area contributed by atoms with Gasteiger partial charge in [-0.15, -0.1) is 0 Å². The van der Waals surface area contributed by atoms with Crippen LogP contribution in [0.5, 0.6) is 0 Å². The van der Waals surface area contributed by atoms with E-state index in [4.69, 9.17) is 9.84 Å². The van der Waals surface area contributed by atoms with E-state index in [1.165, 1.54) is 13.2 Å². The normalized spacial score (nSPS) is 12.5. The van der Waals surface area contributed by atoms with Gasteiger partial charge in [-0.05, 0) is 17.7 Å². The standard InChI is InChI=1S/C12H18FNO3/c1-14(6-10(16)8-17-2)12-4-3-9(7-15)5-11(12)13/h3-5,10,15-16H,6-8H2,1-2H3. The number of likely N-dealkylation sites (N-methyl/N-ethyl adjacent to an activating group) is 1. The summed E-state index contributed by atoms with van der Waals surface area (Å²) < 4.78 is 18.5. The summed E-state index contributed by atoms with van der Waals surface area (Å²) in [6.45, 7) is 0.303. The van der Waals surface area contributed by atoms with Crippen molar-refractivity contribution in [1.82, 2.24) is 0 Å². The molecule has 0 radical (unpaired) electrons. The summed E-state index contributed by atoms with van der Waals surface area (Å²) >= 11 is 0. The third-order valence-electron chi connectivity index (χ3n) is 2.45. The van der Waals surface area contributed by atoms with Crippen LogP contribution >= 0.6 is 0 Å². The molecule has 0 aromatic heterocycles. The highest BCUT2D eigenvalue weighted by Gasteiger charge is 2.12. The first-order chi connectivity index (χ1) is 8.08. The van der Waals surface area contributed by atoms with Crippen LogP contribution in [0.25, 0.3) is 0 Å². The molecule has 0 aliphatic carbocycles. The second kappa shape index (κ2) is 6.54. The molecule has 2 N–H and O–H groups in total. The maximum atomic E-state index is 13.7. The summed E-state index contributed by atoms with van der Waals surface area (Å²) in [6, 6.07) is 4.52. The van der Waals surface area contributed by atoms with E-state index in [0.717, 1.165) is 0 Å². The lowest BCUT2D eigenvalue weighted by molar-refractivity contribution is 0.0694. The molecule has 4 nitrogen and oxygen atoms in total. The number of ether oxygens (including phenoxy) is 1. The quantitative estimate of drug-likeness (QED) is 0.774. The fraction of sp³-hybridized carbons (Fsp3) is 0.500. The molecule has 0 heterocycles. The number of hydrogen-bond acceptors (Lipinski definition) is 4. The van der Waals surface area contributed by atoms with Gasteiger partial charge in [0.15, 0.2) is 0 Å². The molecule has 1 unspecified atom stereocenters. The van der Waals surface area contributed by atoms with E-state index in [1.807, 2.05) is 0 Å². The number of aliphatic hydroxyl groups is 2. The third kappa shape index (κ3) is 3.96. The van der Waals surface area contributed by atoms with E-state index in [1.54, 1.807) is 24.1 Å². The first kappa shape index (κ1) is 13.9. The highest BCUT2D eigenvalue weighted by Crippen LogP contribution is 2.19. The minimum Gasteiger partial charge on any atom is -0.392 e. The molecule has 0 aliphatic heterocycles. The molecule has 0 bridgehead atoms. The SMILES string of the molecule is COCC(O)CN(C)c1ccc(CO)cc1F. The van der Waals surface area contributed by atoms with Gasteiger partial charge in [-0.25, -0.2) is 4.39 Å². The smallest absolute Gasteiger partial charge is 0.146 e. The van der Waals surface area contributed by atoms with Gasteiger partial charge in [-0.1, -0.05) is 6.07 Å². The average Bonchev–Trinajstić information content (AvgIpc) is 2.28. The van der Waals surface area contributed by atoms with Crippen molar-refractivity contribution in [2.24, 2.45) is 0 Å². The van der Waals surface area contributed by atoms with Crippen LogP contribution in [0.15, 0.2) is 18.2 Å². The van der Waals surface area contributed by atoms with Crippen molar-refractivity contribution in [1.29, 1.82) is 0 Å². The lowest BCUT2D eigenvalue weighted by Crippen LogP contribution is -2.32. The van der Waals surface area contributed by atoms with Gasteiger partial charge >= 0.3 is 0 Å². The highest BCUT2D eigenvalue weighted by atomic mass is 19.1. The number of anilines is 1. The van der Waals surface area contributed by atoms with Gasteiger partial charge in [-0.2, -0.15) is 0 Å². The first-order valence-electron chi connectivity index (χ1n) is 5.36. The molecular weight excluding hydrogens is 225 g/mol. The third-order valence-corrected chi connectivity index (χ3v) is 2.45. The van der Waals surface area contributed by atoms with Crippen LogP contribution in [0.3, 0.4) is 0 Å². The van der Waals surface area contributed by atoms with E-state index in [9.17, 15) is 9.50 Å². The zero-order valence-electron chi connectivity index (χ0n) is 10.1. The summed E-state index contributed by atoms with van der Waals surface area (Å²) in [7, 11) is 3.19. The minimum atomic E-state index is -0.665. The van der Waals surface area contributed by atoms with Crippen LogP contribution in [0, 0.1) is 5.82 Å². The molecule has 0 spiro atoms. The molecule has 96 valence electrons. The second-order valence-corrected chi connectivity index (χ2v) is 3.93. The van der Waals surface area contributed by atoms with E-state index in [0.29, 0.717) is 11.3 Å². The van der Waals surface area contributed by atoms with Gasteiger partial charge in [0.2, 0.25) is 0 Å². The van der Waals surface area contributed by atoms with Gasteiger partial charge in [0.05, 0.1) is 25.0 Å². The lowest BCUT2D eigenvalue weighted by Gasteiger charge is -2.23. The summed E-state index contributed by atoms with van der Waals surface area (Å²) in [5.74, 6) is -0.413. The molecule has 0 fully saturated rings. The molecule has 0 saturated heterocycles. The van der Waals surface area contributed by atoms with Crippen molar-refractivity contribution < 1.29 is 19.3 Å². The lowest BCUT2D eigenvalue weighted by atomic mass is 10.2. The number of aliphatic hydroxyl groups excluding tert-OH is 2. The van der Waals surface area contributed by atoms with Crippen LogP contribution < -0.4 is 4.90 Å². The van der Waals surface area contributed by atoms with Gasteiger partial charge < -0.3 is 19.8 Å². The minimum absolute atomic E-state index is 0.187. The van der Waals surface area contributed by atoms with Gasteiger partial charge in [-0.3, -0.25) is 0 Å². The number of methoxy groups -OCH3 is 1. The number of hydrogen-bond donors (Lipinski definition) is 2. The van der Waals surface area contributed by atoms with E-state index < -0.39 is 11.9 Å². The monoisotopic (exact) mass is 243 g/mol. The Balaban J connectivity index is 2.71. The largest absolute Gasteiger partial charge is 0.392 e. The van der Waals surface area contributed by atoms with Gasteiger partial charge in [0, 0.05) is 20.7 Å². The van der Waals surface area contributed by atoms with E-state index in [-0.39, 0.29) is 19.8 Å². The topological polar surface area (TPSA) is 52.9 Å². The summed E-state index contributed by atoms with van der Waals surface area (Å²) in [5, 5.41) is 18.4. The van der Waals surface area contributed by atoms with E-state index in [2.05, 4.69) is 0 Å². The fourth-order valence-electron chi connectivity index (χ4n) is 1.62. The predicted octanol–water partition coefficient (Wildman–Crippen LogP) is 0.761. The summed E-state index contributed by atoms with van der Waals surface area (Å²) in [5.41, 5.74) is 0.912. The Morgan fingerprint density at radius 1 is 1.47 bits per heavy atom. The predicted molar refractivity (Wildman–Crippen MR) is 63.5 cm³/mol. The fourth-order valence-corrected chi connectivity index (χ4v) is 1.62. The molecular formula is C12H18FNO3. The van der Waals surface area contributed by atoms with Crippen molar-refractivity contribution in [2.75, 3.05) is 32.2 Å². The number of nitrogens with zero attached hydrogens (tertiary/aromatic N) is 1. The Morgan fingerprint density at radius 2 is 2.18 bits per heavy atom. The average molecular weight is 243 g/mol. The Kier molecular flexibility index (Phi) is 5.34. The second-order valence-electron chi connectivity index (χ2n) is 3.93. The van der Waals surface area contributed by atoms with Crippen molar-refractivity contribution in [3.63, 3.8) is 0 Å². The van der Waals surface area contributed by atoms with Crippen LogP contribution in [-0.4, -0.2) is 43.6 Å². The maximum Gasteiger partial charge on any atom is 0.146 e. The number of rotatable bonds is 6. The highest BCUT2D eigenvalue weighted by molar-refractivity contribution is 5.48. The van der Waals surface area contributed by atoms with Crippen LogP contribution in [0.2, 0.25) is 0 Å².